The molecule has 0 heterocycles. The molecule has 0 bridgehead atoms. The van der Waals surface area contributed by atoms with Crippen molar-refractivity contribution in [2.24, 2.45) is 40.4 Å². The van der Waals surface area contributed by atoms with Gasteiger partial charge in [0.05, 0.1) is 43.4 Å². The summed E-state index contributed by atoms with van der Waals surface area (Å²) in [5.74, 6) is 3.57. The molecule has 0 radical (unpaired) electrons. The van der Waals surface area contributed by atoms with Gasteiger partial charge >= 0.3 is 30.5 Å². The van der Waals surface area contributed by atoms with Gasteiger partial charge in [0.2, 0.25) is 0 Å². The highest BCUT2D eigenvalue weighted by Gasteiger charge is 2.49. The average Bonchev–Trinajstić information content (AvgIpc) is 0.817. The maximum atomic E-state index is 11.9. The zero-order chi connectivity index (χ0) is 79.3. The van der Waals surface area contributed by atoms with Gasteiger partial charge in [-0.25, -0.2) is 24.0 Å². The van der Waals surface area contributed by atoms with Crippen LogP contribution >= 0.6 is 0 Å². The smallest absolute Gasteiger partial charge is 0.408 e. The van der Waals surface area contributed by atoms with Crippen molar-refractivity contribution in [3.05, 3.63) is 156 Å². The van der Waals surface area contributed by atoms with Crippen LogP contribution in [0.5, 0.6) is 0 Å². The summed E-state index contributed by atoms with van der Waals surface area (Å²) in [6.07, 6.45) is 27.3. The third kappa shape index (κ3) is 27.3. The van der Waals surface area contributed by atoms with Gasteiger partial charge in [-0.2, -0.15) is 0 Å². The van der Waals surface area contributed by atoms with E-state index in [1.54, 1.807) is 0 Å². The lowest BCUT2D eigenvalue weighted by molar-refractivity contribution is -0.136. The molecule has 8 fully saturated rings. The Morgan fingerprint density at radius 1 is 0.342 bits per heavy atom. The minimum absolute atomic E-state index is 0.0594. The van der Waals surface area contributed by atoms with Crippen LogP contribution in [0.4, 0.5) is 24.0 Å². The van der Waals surface area contributed by atoms with Crippen molar-refractivity contribution in [3.63, 3.8) is 0 Å². The standard InChI is InChI=1S/C20H21NO3.C19H25NO3.C19H19NO3.C17H29NO3.C16H27NO3/c1-20(2)12-17(22)18(20)21-19(23)24-13-14-8-10-16(11-9-14)15-6-4-3-5-7-15;2*1-13-11-17(21)18(13)20-19(22)23-12-14-7-9-16(10-8-14)15-5-3-2-4-6-15;1-17(2)12-14(19)15(17)18-16(20)21-11-7-6-10-13-8-4-3-5-9-13;1-12-11-14(18)15(12)17-16(19)20-10-6-5-9-13-7-3-2-4-8-13/h3-11,18H,12-13H2,1-2H3,(H,21,23);7-10,13,15,18H,2-6,11-12H2,1H3,(H,20,22);2-10,13,18H,11-12H2,1H3,(H,20,22);13,15H,3-12H2,1-2H3,(H,18,20);12-13,15H,2-11H2,1H3,(H,17,19)/t18-;2*13-,18-;15-;12-,15-/m11111/s1. The first-order chi connectivity index (χ1) is 53.4. The summed E-state index contributed by atoms with van der Waals surface area (Å²) in [5.41, 5.74) is 8.41. The summed E-state index contributed by atoms with van der Waals surface area (Å²) in [4.78, 5) is 115. The molecule has 111 heavy (non-hydrogen) atoms. The molecule has 0 spiro atoms. The van der Waals surface area contributed by atoms with Gasteiger partial charge in [-0.05, 0) is 129 Å². The summed E-state index contributed by atoms with van der Waals surface area (Å²) in [6, 6.07) is 42.5. The topological polar surface area (TPSA) is 277 Å². The molecule has 13 rings (SSSR count). The number of alkyl carbamates (subject to hydrolysis) is 5. The fourth-order valence-corrected chi connectivity index (χ4v) is 16.1. The summed E-state index contributed by atoms with van der Waals surface area (Å²) in [5, 5.41) is 13.2. The Hall–Kier alpha value is -9.20. The zero-order valence-corrected chi connectivity index (χ0v) is 66.6. The van der Waals surface area contributed by atoms with Crippen molar-refractivity contribution in [1.29, 1.82) is 0 Å². The molecule has 8 aliphatic rings. The number of hydrogen-bond acceptors (Lipinski definition) is 15. The quantitative estimate of drug-likeness (QED) is 0.0284. The number of ether oxygens (including phenoxy) is 5. The predicted molar refractivity (Wildman–Crippen MR) is 428 cm³/mol. The maximum Gasteiger partial charge on any atom is 0.408 e. The van der Waals surface area contributed by atoms with Gasteiger partial charge in [0, 0.05) is 32.1 Å². The van der Waals surface area contributed by atoms with E-state index in [4.69, 9.17) is 23.7 Å². The van der Waals surface area contributed by atoms with E-state index in [0.29, 0.717) is 51.2 Å². The van der Waals surface area contributed by atoms with Crippen LogP contribution in [0.1, 0.15) is 244 Å². The Labute approximate surface area is 657 Å². The van der Waals surface area contributed by atoms with E-state index < -0.39 is 36.5 Å². The number of hydrogen-bond donors (Lipinski definition) is 5. The van der Waals surface area contributed by atoms with Gasteiger partial charge in [0.25, 0.3) is 0 Å². The number of nitrogens with one attached hydrogen (secondary N) is 5. The number of ketones is 5. The monoisotopic (exact) mass is 1520 g/mol. The van der Waals surface area contributed by atoms with Crippen molar-refractivity contribution < 1.29 is 71.6 Å². The van der Waals surface area contributed by atoms with Gasteiger partial charge in [-0.1, -0.05) is 278 Å². The summed E-state index contributed by atoms with van der Waals surface area (Å²) >= 11 is 0. The molecule has 0 unspecified atom stereocenters. The van der Waals surface area contributed by atoms with Crippen LogP contribution in [-0.4, -0.2) is 103 Å². The lowest BCUT2D eigenvalue weighted by Gasteiger charge is -2.42. The predicted octanol–water partition coefficient (Wildman–Crippen LogP) is 18.7. The Morgan fingerprint density at radius 3 is 0.955 bits per heavy atom. The van der Waals surface area contributed by atoms with E-state index in [1.165, 1.54) is 115 Å². The molecule has 5 aromatic rings. The minimum atomic E-state index is -0.548. The highest BCUT2D eigenvalue weighted by molar-refractivity contribution is 5.96. The van der Waals surface area contributed by atoms with E-state index in [-0.39, 0.29) is 101 Å². The molecular weight excluding hydrogens is 1400 g/mol. The summed E-state index contributed by atoms with van der Waals surface area (Å²) in [6.45, 7) is 15.3. The van der Waals surface area contributed by atoms with Crippen molar-refractivity contribution in [1.82, 2.24) is 26.6 Å². The Kier molecular flexibility index (Phi) is 33.2. The highest BCUT2D eigenvalue weighted by atomic mass is 16.6. The first-order valence-corrected chi connectivity index (χ1v) is 41.1. The molecular formula is C91H121N5O15. The fraction of sp³-hybridized carbons (Fsp3) is 0.560. The summed E-state index contributed by atoms with van der Waals surface area (Å²) in [7, 11) is 0. The molecule has 0 saturated heterocycles. The van der Waals surface area contributed by atoms with Crippen LogP contribution in [-0.2, 0) is 67.5 Å². The van der Waals surface area contributed by atoms with Crippen LogP contribution in [0, 0.1) is 40.4 Å². The fourth-order valence-electron chi connectivity index (χ4n) is 16.1. The summed E-state index contributed by atoms with van der Waals surface area (Å²) < 4.78 is 25.9. The number of unbranched alkanes of at least 4 members (excludes halogenated alkanes) is 2. The van der Waals surface area contributed by atoms with Gasteiger partial charge in [0.1, 0.15) is 19.8 Å². The van der Waals surface area contributed by atoms with Crippen LogP contribution in [0.25, 0.3) is 22.3 Å². The maximum absolute atomic E-state index is 11.9. The molecule has 5 aromatic carbocycles. The second kappa shape index (κ2) is 43.0. The first kappa shape index (κ1) is 85.8. The number of carbonyl (C=O) groups is 10. The van der Waals surface area contributed by atoms with Gasteiger partial charge in [-0.3, -0.25) is 24.0 Å². The van der Waals surface area contributed by atoms with Crippen LogP contribution in [0.3, 0.4) is 0 Å². The van der Waals surface area contributed by atoms with Crippen LogP contribution < -0.4 is 26.6 Å². The zero-order valence-electron chi connectivity index (χ0n) is 66.6. The molecule has 20 heteroatoms. The SMILES string of the molecule is CC1(C)CC(=O)[C@H]1NC(=O)OCCCCC1CCCCC1.CC1(C)CC(=O)[C@H]1NC(=O)OCc1ccc(-c2ccccc2)cc1.C[C@@H]1CC(=O)[C@@H]1NC(=O)OCCCCC1CCCCC1.C[C@@H]1CC(=O)[C@@H]1NC(=O)OCc1ccc(-c2ccccc2)cc1.C[C@@H]1CC(=O)[C@@H]1NC(=O)OCc1ccc(C2CCCCC2)cc1. The number of rotatable bonds is 24. The molecule has 600 valence electrons. The molecule has 8 aliphatic carbocycles. The van der Waals surface area contributed by atoms with Gasteiger partial charge in [-0.15, -0.1) is 0 Å². The normalized spacial score (nSPS) is 22.9. The molecule has 8 atom stereocenters. The molecule has 8 saturated carbocycles. The molecule has 20 nitrogen and oxygen atoms in total. The van der Waals surface area contributed by atoms with E-state index in [1.807, 2.05) is 146 Å². The average molecular weight is 1520 g/mol. The van der Waals surface area contributed by atoms with Crippen LogP contribution in [0.2, 0.25) is 0 Å². The van der Waals surface area contributed by atoms with Crippen molar-refractivity contribution in [2.75, 3.05) is 13.2 Å². The van der Waals surface area contributed by atoms with E-state index >= 15 is 0 Å². The Morgan fingerprint density at radius 2 is 0.640 bits per heavy atom. The highest BCUT2D eigenvalue weighted by Crippen LogP contribution is 2.39. The number of Topliss-reactive ketones (excluding diaryl/α,β-unsaturated/α-hetero) is 5. The van der Waals surface area contributed by atoms with Gasteiger partial charge < -0.3 is 50.3 Å². The molecule has 5 N–H and O–H groups in total. The number of benzene rings is 5. The van der Waals surface area contributed by atoms with Gasteiger partial charge in [0.15, 0.2) is 28.9 Å². The van der Waals surface area contributed by atoms with E-state index in [0.717, 1.165) is 76.5 Å². The largest absolute Gasteiger partial charge is 0.450 e. The lowest BCUT2D eigenvalue weighted by atomic mass is 9.66. The second-order valence-corrected chi connectivity index (χ2v) is 33.4. The molecule has 0 aliphatic heterocycles. The first-order valence-electron chi connectivity index (χ1n) is 41.1. The van der Waals surface area contributed by atoms with E-state index in [2.05, 4.69) is 63.0 Å². The third-order valence-corrected chi connectivity index (χ3v) is 23.3. The Bertz CT molecular complexity index is 3830. The Balaban J connectivity index is 0.000000160. The molecule has 5 amide bonds. The van der Waals surface area contributed by atoms with Crippen molar-refractivity contribution >= 4 is 59.4 Å². The number of amides is 5. The van der Waals surface area contributed by atoms with Crippen molar-refractivity contribution in [3.8, 4) is 22.3 Å². The third-order valence-electron chi connectivity index (χ3n) is 23.3. The number of carbonyl (C=O) groups excluding carboxylic acids is 10. The second-order valence-electron chi connectivity index (χ2n) is 33.4. The lowest BCUT2D eigenvalue weighted by Crippen LogP contribution is -2.59. The van der Waals surface area contributed by atoms with E-state index in [9.17, 15) is 47.9 Å². The van der Waals surface area contributed by atoms with Crippen molar-refractivity contribution in [2.45, 2.75) is 271 Å². The van der Waals surface area contributed by atoms with Crippen LogP contribution in [0.15, 0.2) is 133 Å². The molecule has 0 aromatic heterocycles. The minimum Gasteiger partial charge on any atom is -0.450 e.